The number of nitrogens with zero attached hydrogens (tertiary/aromatic N) is 2. The summed E-state index contributed by atoms with van der Waals surface area (Å²) in [7, 11) is 0. The molecule has 1 N–H and O–H groups in total. The molecule has 0 spiro atoms. The van der Waals surface area contributed by atoms with Crippen molar-refractivity contribution in [3.8, 4) is 0 Å². The molecule has 0 radical (unpaired) electrons. The predicted octanol–water partition coefficient (Wildman–Crippen LogP) is 2.19. The Morgan fingerprint density at radius 1 is 1.12 bits per heavy atom. The summed E-state index contributed by atoms with van der Waals surface area (Å²) in [5, 5.41) is 2.80. The average Bonchev–Trinajstić information content (AvgIpc) is 3.25. The van der Waals surface area contributed by atoms with Gasteiger partial charge in [-0.2, -0.15) is 0 Å². The SMILES string of the molecule is CCNC(=O)N1CC(C(=O)N2CCCC2)C(c2ccc(F)cc2)C1. The Kier molecular flexibility index (Phi) is 5.02. The highest BCUT2D eigenvalue weighted by Gasteiger charge is 2.42. The number of hydrogen-bond acceptors (Lipinski definition) is 2. The van der Waals surface area contributed by atoms with Crippen LogP contribution in [0.15, 0.2) is 24.3 Å². The Morgan fingerprint density at radius 2 is 1.79 bits per heavy atom. The lowest BCUT2D eigenvalue weighted by Crippen LogP contribution is -2.40. The maximum atomic E-state index is 13.2. The molecule has 0 aliphatic carbocycles. The number of nitrogens with one attached hydrogen (secondary N) is 1. The van der Waals surface area contributed by atoms with Crippen molar-refractivity contribution < 1.29 is 14.0 Å². The van der Waals surface area contributed by atoms with Gasteiger partial charge in [-0.05, 0) is 37.5 Å². The largest absolute Gasteiger partial charge is 0.342 e. The zero-order chi connectivity index (χ0) is 17.1. The molecule has 2 aliphatic rings. The number of hydrogen-bond donors (Lipinski definition) is 1. The third-order valence-corrected chi connectivity index (χ3v) is 4.97. The molecule has 0 bridgehead atoms. The van der Waals surface area contributed by atoms with E-state index in [1.165, 1.54) is 12.1 Å². The zero-order valence-electron chi connectivity index (χ0n) is 14.0. The van der Waals surface area contributed by atoms with Crippen LogP contribution in [-0.4, -0.2) is 54.5 Å². The van der Waals surface area contributed by atoms with Crippen molar-refractivity contribution in [2.24, 2.45) is 5.92 Å². The quantitative estimate of drug-likeness (QED) is 0.922. The molecule has 3 amide bonds. The van der Waals surface area contributed by atoms with E-state index in [1.54, 1.807) is 17.0 Å². The van der Waals surface area contributed by atoms with Crippen LogP contribution in [0.4, 0.5) is 9.18 Å². The number of urea groups is 1. The lowest BCUT2D eigenvalue weighted by molar-refractivity contribution is -0.134. The highest BCUT2D eigenvalue weighted by Crippen LogP contribution is 2.34. The fourth-order valence-electron chi connectivity index (χ4n) is 3.70. The molecule has 0 saturated carbocycles. The van der Waals surface area contributed by atoms with Crippen molar-refractivity contribution in [3.05, 3.63) is 35.6 Å². The van der Waals surface area contributed by atoms with Gasteiger partial charge in [0, 0.05) is 38.6 Å². The van der Waals surface area contributed by atoms with Crippen LogP contribution in [0.5, 0.6) is 0 Å². The Hall–Kier alpha value is -2.11. The normalized spacial score (nSPS) is 23.6. The average molecular weight is 333 g/mol. The summed E-state index contributed by atoms with van der Waals surface area (Å²) in [4.78, 5) is 28.7. The minimum Gasteiger partial charge on any atom is -0.342 e. The highest BCUT2D eigenvalue weighted by molar-refractivity contribution is 5.83. The van der Waals surface area contributed by atoms with E-state index in [0.717, 1.165) is 31.5 Å². The monoisotopic (exact) mass is 333 g/mol. The van der Waals surface area contributed by atoms with E-state index >= 15 is 0 Å². The molecule has 6 heteroatoms. The molecule has 2 heterocycles. The van der Waals surface area contributed by atoms with Crippen molar-refractivity contribution in [1.29, 1.82) is 0 Å². The van der Waals surface area contributed by atoms with Crippen molar-refractivity contribution in [3.63, 3.8) is 0 Å². The number of likely N-dealkylation sites (tertiary alicyclic amines) is 2. The molecule has 1 aromatic rings. The number of halogens is 1. The van der Waals surface area contributed by atoms with E-state index in [4.69, 9.17) is 0 Å². The minimum absolute atomic E-state index is 0.0821. The first-order valence-corrected chi connectivity index (χ1v) is 8.67. The van der Waals surface area contributed by atoms with Gasteiger partial charge in [-0.15, -0.1) is 0 Å². The van der Waals surface area contributed by atoms with Crippen LogP contribution < -0.4 is 5.32 Å². The van der Waals surface area contributed by atoms with Crippen LogP contribution in [0, 0.1) is 11.7 Å². The van der Waals surface area contributed by atoms with Crippen molar-refractivity contribution in [2.75, 3.05) is 32.7 Å². The Bertz CT molecular complexity index is 599. The number of rotatable bonds is 3. The Morgan fingerprint density at radius 3 is 2.42 bits per heavy atom. The number of amides is 3. The fourth-order valence-corrected chi connectivity index (χ4v) is 3.70. The van der Waals surface area contributed by atoms with E-state index in [1.807, 2.05) is 11.8 Å². The third kappa shape index (κ3) is 3.37. The molecule has 3 rings (SSSR count). The molecular formula is C18H24FN3O2. The van der Waals surface area contributed by atoms with E-state index in [2.05, 4.69) is 5.32 Å². The van der Waals surface area contributed by atoms with Crippen LogP contribution in [0.2, 0.25) is 0 Å². The first kappa shape index (κ1) is 16.7. The van der Waals surface area contributed by atoms with Gasteiger partial charge in [0.2, 0.25) is 5.91 Å². The van der Waals surface area contributed by atoms with Gasteiger partial charge >= 0.3 is 6.03 Å². The molecule has 2 unspecified atom stereocenters. The molecule has 2 atom stereocenters. The van der Waals surface area contributed by atoms with Crippen molar-refractivity contribution in [1.82, 2.24) is 15.1 Å². The number of carbonyl (C=O) groups excluding carboxylic acids is 2. The minimum atomic E-state index is -0.292. The molecule has 24 heavy (non-hydrogen) atoms. The Labute approximate surface area is 141 Å². The van der Waals surface area contributed by atoms with Crippen LogP contribution in [0.3, 0.4) is 0 Å². The van der Waals surface area contributed by atoms with E-state index in [9.17, 15) is 14.0 Å². The standard InChI is InChI=1S/C18H24FN3O2/c1-2-20-18(24)22-11-15(13-5-7-14(19)8-6-13)16(12-22)17(23)21-9-3-4-10-21/h5-8,15-16H,2-4,9-12H2,1H3,(H,20,24). The first-order chi connectivity index (χ1) is 11.6. The maximum absolute atomic E-state index is 13.2. The lowest BCUT2D eigenvalue weighted by Gasteiger charge is -2.23. The van der Waals surface area contributed by atoms with Gasteiger partial charge in [0.05, 0.1) is 5.92 Å². The summed E-state index contributed by atoms with van der Waals surface area (Å²) in [5.41, 5.74) is 0.917. The van der Waals surface area contributed by atoms with Crippen LogP contribution in [0.25, 0.3) is 0 Å². The summed E-state index contributed by atoms with van der Waals surface area (Å²) in [5.74, 6) is -0.508. The van der Waals surface area contributed by atoms with Gasteiger partial charge in [0.25, 0.3) is 0 Å². The van der Waals surface area contributed by atoms with Gasteiger partial charge in [-0.1, -0.05) is 12.1 Å². The lowest BCUT2D eigenvalue weighted by atomic mass is 9.88. The number of carbonyl (C=O) groups is 2. The molecular weight excluding hydrogens is 309 g/mol. The maximum Gasteiger partial charge on any atom is 0.317 e. The predicted molar refractivity (Wildman–Crippen MR) is 89.1 cm³/mol. The Balaban J connectivity index is 1.82. The topological polar surface area (TPSA) is 52.7 Å². The summed E-state index contributed by atoms with van der Waals surface area (Å²) in [6, 6.07) is 6.15. The van der Waals surface area contributed by atoms with Crippen LogP contribution >= 0.6 is 0 Å². The molecule has 2 aliphatic heterocycles. The smallest absolute Gasteiger partial charge is 0.317 e. The molecule has 2 fully saturated rings. The van der Waals surface area contributed by atoms with Gasteiger partial charge in [-0.3, -0.25) is 4.79 Å². The molecule has 1 aromatic carbocycles. The van der Waals surface area contributed by atoms with E-state index in [0.29, 0.717) is 19.6 Å². The molecule has 0 aromatic heterocycles. The fraction of sp³-hybridized carbons (Fsp3) is 0.556. The summed E-state index contributed by atoms with van der Waals surface area (Å²) >= 11 is 0. The second kappa shape index (κ2) is 7.20. The van der Waals surface area contributed by atoms with Crippen LogP contribution in [-0.2, 0) is 4.79 Å². The summed E-state index contributed by atoms with van der Waals surface area (Å²) < 4.78 is 13.2. The number of benzene rings is 1. The first-order valence-electron chi connectivity index (χ1n) is 8.67. The second-order valence-electron chi connectivity index (χ2n) is 6.54. The van der Waals surface area contributed by atoms with Crippen LogP contribution in [0.1, 0.15) is 31.2 Å². The second-order valence-corrected chi connectivity index (χ2v) is 6.54. The molecule has 2 saturated heterocycles. The van der Waals surface area contributed by atoms with E-state index < -0.39 is 0 Å². The zero-order valence-corrected chi connectivity index (χ0v) is 14.0. The molecule has 5 nitrogen and oxygen atoms in total. The molecule has 130 valence electrons. The van der Waals surface area contributed by atoms with Gasteiger partial charge in [0.1, 0.15) is 5.82 Å². The van der Waals surface area contributed by atoms with Gasteiger partial charge in [-0.25, -0.2) is 9.18 Å². The van der Waals surface area contributed by atoms with Gasteiger partial charge < -0.3 is 15.1 Å². The third-order valence-electron chi connectivity index (χ3n) is 4.97. The summed E-state index contributed by atoms with van der Waals surface area (Å²) in [6.07, 6.45) is 2.08. The van der Waals surface area contributed by atoms with Crippen molar-refractivity contribution in [2.45, 2.75) is 25.7 Å². The highest BCUT2D eigenvalue weighted by atomic mass is 19.1. The van der Waals surface area contributed by atoms with Crippen molar-refractivity contribution >= 4 is 11.9 Å². The summed E-state index contributed by atoms with van der Waals surface area (Å²) in [6.45, 7) is 4.93. The van der Waals surface area contributed by atoms with Gasteiger partial charge in [0.15, 0.2) is 0 Å². The van der Waals surface area contributed by atoms with E-state index in [-0.39, 0.29) is 29.6 Å².